The minimum absolute atomic E-state index is 0.0704. The first-order chi connectivity index (χ1) is 11.8. The van der Waals surface area contributed by atoms with E-state index in [4.69, 9.17) is 0 Å². The van der Waals surface area contributed by atoms with Crippen LogP contribution in [-0.2, 0) is 11.2 Å². The van der Waals surface area contributed by atoms with Crippen LogP contribution in [0.25, 0.3) is 10.9 Å². The molecule has 0 radical (unpaired) electrons. The lowest BCUT2D eigenvalue weighted by molar-refractivity contribution is -0.118. The van der Waals surface area contributed by atoms with E-state index in [1.54, 1.807) is 6.20 Å². The van der Waals surface area contributed by atoms with Crippen molar-refractivity contribution in [2.75, 3.05) is 12.3 Å². The first kappa shape index (κ1) is 16.5. The van der Waals surface area contributed by atoms with Gasteiger partial charge in [0, 0.05) is 23.0 Å². The Bertz CT molecular complexity index is 800. The van der Waals surface area contributed by atoms with E-state index in [0.717, 1.165) is 28.6 Å². The van der Waals surface area contributed by atoms with Crippen LogP contribution in [-0.4, -0.2) is 23.2 Å². The summed E-state index contributed by atoms with van der Waals surface area (Å²) in [6.07, 6.45) is 3.73. The molecule has 122 valence electrons. The lowest BCUT2D eigenvalue weighted by Crippen LogP contribution is -2.26. The number of para-hydroxylation sites is 1. The monoisotopic (exact) mass is 336 g/mol. The quantitative estimate of drug-likeness (QED) is 0.522. The van der Waals surface area contributed by atoms with Gasteiger partial charge in [-0.05, 0) is 30.5 Å². The average molecular weight is 336 g/mol. The van der Waals surface area contributed by atoms with Gasteiger partial charge in [0.25, 0.3) is 0 Å². The van der Waals surface area contributed by atoms with Crippen molar-refractivity contribution < 1.29 is 4.79 Å². The van der Waals surface area contributed by atoms with Gasteiger partial charge in [0.2, 0.25) is 5.91 Å². The van der Waals surface area contributed by atoms with Crippen molar-refractivity contribution in [2.24, 2.45) is 0 Å². The molecule has 0 aliphatic rings. The number of aryl methyl sites for hydroxylation is 1. The van der Waals surface area contributed by atoms with Crippen molar-refractivity contribution in [2.45, 2.75) is 17.7 Å². The van der Waals surface area contributed by atoms with E-state index in [9.17, 15) is 4.79 Å². The fraction of sp³-hybridized carbons (Fsp3) is 0.200. The predicted molar refractivity (Wildman–Crippen MR) is 100 cm³/mol. The highest BCUT2D eigenvalue weighted by Crippen LogP contribution is 2.25. The zero-order valence-electron chi connectivity index (χ0n) is 13.4. The lowest BCUT2D eigenvalue weighted by Gasteiger charge is -2.07. The first-order valence-electron chi connectivity index (χ1n) is 8.10. The fourth-order valence-corrected chi connectivity index (χ4v) is 3.42. The maximum absolute atomic E-state index is 12.0. The van der Waals surface area contributed by atoms with Gasteiger partial charge in [-0.3, -0.25) is 9.78 Å². The molecule has 1 N–H and O–H groups in total. The molecular formula is C20H20N2OS. The maximum atomic E-state index is 12.0. The third-order valence-electron chi connectivity index (χ3n) is 3.76. The van der Waals surface area contributed by atoms with Gasteiger partial charge in [0.1, 0.15) is 0 Å². The fourth-order valence-electron chi connectivity index (χ4n) is 2.55. The Morgan fingerprint density at radius 2 is 1.83 bits per heavy atom. The number of pyridine rings is 1. The summed E-state index contributed by atoms with van der Waals surface area (Å²) in [5, 5.41) is 4.09. The van der Waals surface area contributed by atoms with E-state index in [0.29, 0.717) is 12.3 Å². The molecule has 0 spiro atoms. The van der Waals surface area contributed by atoms with Crippen LogP contribution in [0.15, 0.2) is 71.8 Å². The highest BCUT2D eigenvalue weighted by Gasteiger charge is 2.06. The molecule has 0 fully saturated rings. The number of thioether (sulfide) groups is 1. The SMILES string of the molecule is O=C(CSc1cccc2cccnc12)NCCCc1ccccc1. The molecule has 1 heterocycles. The number of hydrogen-bond acceptors (Lipinski definition) is 3. The molecule has 3 nitrogen and oxygen atoms in total. The number of hydrogen-bond donors (Lipinski definition) is 1. The largest absolute Gasteiger partial charge is 0.355 e. The number of nitrogens with zero attached hydrogens (tertiary/aromatic N) is 1. The Morgan fingerprint density at radius 1 is 1.00 bits per heavy atom. The predicted octanol–water partition coefficient (Wildman–Crippen LogP) is 4.08. The molecular weight excluding hydrogens is 316 g/mol. The minimum atomic E-state index is 0.0704. The zero-order valence-corrected chi connectivity index (χ0v) is 14.3. The summed E-state index contributed by atoms with van der Waals surface area (Å²) in [5.41, 5.74) is 2.27. The van der Waals surface area contributed by atoms with Crippen molar-refractivity contribution in [3.05, 3.63) is 72.4 Å². The highest BCUT2D eigenvalue weighted by molar-refractivity contribution is 8.00. The number of rotatable bonds is 7. The van der Waals surface area contributed by atoms with Crippen molar-refractivity contribution in [1.29, 1.82) is 0 Å². The number of aromatic nitrogens is 1. The molecule has 24 heavy (non-hydrogen) atoms. The summed E-state index contributed by atoms with van der Waals surface area (Å²) in [6.45, 7) is 0.710. The minimum Gasteiger partial charge on any atom is -0.355 e. The molecule has 3 aromatic rings. The molecule has 0 saturated heterocycles. The molecule has 4 heteroatoms. The molecule has 0 bridgehead atoms. The Kier molecular flexibility index (Phi) is 5.85. The summed E-state index contributed by atoms with van der Waals surface area (Å²) in [6, 6.07) is 20.4. The second-order valence-electron chi connectivity index (χ2n) is 5.56. The molecule has 0 aliphatic heterocycles. The van der Waals surface area contributed by atoms with Gasteiger partial charge in [-0.1, -0.05) is 48.5 Å². The Balaban J connectivity index is 1.44. The van der Waals surface area contributed by atoms with E-state index in [1.807, 2.05) is 48.5 Å². The Morgan fingerprint density at radius 3 is 2.71 bits per heavy atom. The van der Waals surface area contributed by atoms with Gasteiger partial charge in [-0.15, -0.1) is 11.8 Å². The number of amides is 1. The van der Waals surface area contributed by atoms with E-state index >= 15 is 0 Å². The number of fused-ring (bicyclic) bond motifs is 1. The van der Waals surface area contributed by atoms with Crippen molar-refractivity contribution in [3.8, 4) is 0 Å². The van der Waals surface area contributed by atoms with Crippen LogP contribution < -0.4 is 5.32 Å². The first-order valence-corrected chi connectivity index (χ1v) is 9.09. The summed E-state index contributed by atoms with van der Waals surface area (Å²) < 4.78 is 0. The second-order valence-corrected chi connectivity index (χ2v) is 6.58. The topological polar surface area (TPSA) is 42.0 Å². The summed E-state index contributed by atoms with van der Waals surface area (Å²) in [4.78, 5) is 17.5. The third kappa shape index (κ3) is 4.59. The van der Waals surface area contributed by atoms with Crippen molar-refractivity contribution >= 4 is 28.6 Å². The van der Waals surface area contributed by atoms with Crippen LogP contribution in [0.4, 0.5) is 0 Å². The van der Waals surface area contributed by atoms with Crippen LogP contribution >= 0.6 is 11.8 Å². The molecule has 1 aromatic heterocycles. The van der Waals surface area contributed by atoms with E-state index in [1.165, 1.54) is 17.3 Å². The molecule has 2 aromatic carbocycles. The number of carbonyl (C=O) groups is 1. The molecule has 0 atom stereocenters. The average Bonchev–Trinajstić information content (AvgIpc) is 2.64. The highest BCUT2D eigenvalue weighted by atomic mass is 32.2. The van der Waals surface area contributed by atoms with Gasteiger partial charge >= 0.3 is 0 Å². The van der Waals surface area contributed by atoms with Crippen LogP contribution in [0.5, 0.6) is 0 Å². The Labute approximate surface area is 146 Å². The van der Waals surface area contributed by atoms with Gasteiger partial charge in [-0.2, -0.15) is 0 Å². The van der Waals surface area contributed by atoms with E-state index < -0.39 is 0 Å². The van der Waals surface area contributed by atoms with Gasteiger partial charge in [0.15, 0.2) is 0 Å². The Hall–Kier alpha value is -2.33. The van der Waals surface area contributed by atoms with E-state index in [2.05, 4.69) is 22.4 Å². The molecule has 0 saturated carbocycles. The number of benzene rings is 2. The van der Waals surface area contributed by atoms with Gasteiger partial charge in [-0.25, -0.2) is 0 Å². The third-order valence-corrected chi connectivity index (χ3v) is 4.81. The molecule has 0 unspecified atom stereocenters. The number of nitrogens with one attached hydrogen (secondary N) is 1. The lowest BCUT2D eigenvalue weighted by atomic mass is 10.1. The standard InChI is InChI=1S/C20H20N2OS/c23-19(21-13-5-9-16-7-2-1-3-8-16)15-24-18-12-4-10-17-11-6-14-22-20(17)18/h1-4,6-8,10-12,14H,5,9,13,15H2,(H,21,23). The normalized spacial score (nSPS) is 10.7. The van der Waals surface area contributed by atoms with Crippen LogP contribution in [0, 0.1) is 0 Å². The van der Waals surface area contributed by atoms with Crippen LogP contribution in [0.3, 0.4) is 0 Å². The second kappa shape index (κ2) is 8.50. The van der Waals surface area contributed by atoms with Crippen molar-refractivity contribution in [1.82, 2.24) is 10.3 Å². The summed E-state index contributed by atoms with van der Waals surface area (Å²) in [7, 11) is 0. The molecule has 3 rings (SSSR count). The van der Waals surface area contributed by atoms with Crippen LogP contribution in [0.1, 0.15) is 12.0 Å². The van der Waals surface area contributed by atoms with Gasteiger partial charge < -0.3 is 5.32 Å². The molecule has 1 amide bonds. The summed E-state index contributed by atoms with van der Waals surface area (Å²) >= 11 is 1.54. The van der Waals surface area contributed by atoms with Gasteiger partial charge in [0.05, 0.1) is 11.3 Å². The van der Waals surface area contributed by atoms with E-state index in [-0.39, 0.29) is 5.91 Å². The maximum Gasteiger partial charge on any atom is 0.230 e. The van der Waals surface area contributed by atoms with Crippen LogP contribution in [0.2, 0.25) is 0 Å². The van der Waals surface area contributed by atoms with Crippen molar-refractivity contribution in [3.63, 3.8) is 0 Å². The number of carbonyl (C=O) groups excluding carboxylic acids is 1. The smallest absolute Gasteiger partial charge is 0.230 e. The summed E-state index contributed by atoms with van der Waals surface area (Å²) in [5.74, 6) is 0.488. The zero-order chi connectivity index (χ0) is 16.6. The molecule has 0 aliphatic carbocycles.